The molecule has 14 heavy (non-hydrogen) atoms. The summed E-state index contributed by atoms with van der Waals surface area (Å²) in [5, 5.41) is 11.0. The predicted octanol–water partition coefficient (Wildman–Crippen LogP) is 2.14. The number of nitrogens with one attached hydrogen (secondary N) is 1. The molecule has 0 aromatic carbocycles. The Balaban J connectivity index is 2.98. The van der Waals surface area contributed by atoms with Crippen molar-refractivity contribution in [3.05, 3.63) is 19.2 Å². The SMILES string of the molecule is O=CNC(C(=O)O)c1cc(Br)c(Br)s1. The summed E-state index contributed by atoms with van der Waals surface area (Å²) in [5.74, 6) is -1.08. The minimum absolute atomic E-state index is 0.375. The summed E-state index contributed by atoms with van der Waals surface area (Å²) in [4.78, 5) is 21.5. The highest BCUT2D eigenvalue weighted by atomic mass is 79.9. The summed E-state index contributed by atoms with van der Waals surface area (Å²) in [6.45, 7) is 0. The molecule has 0 saturated heterocycles. The summed E-state index contributed by atoms with van der Waals surface area (Å²) in [7, 11) is 0. The second-order valence-electron chi connectivity index (χ2n) is 2.33. The largest absolute Gasteiger partial charge is 0.479 e. The van der Waals surface area contributed by atoms with Crippen molar-refractivity contribution in [2.24, 2.45) is 0 Å². The van der Waals surface area contributed by atoms with Gasteiger partial charge in [-0.15, -0.1) is 11.3 Å². The molecule has 1 unspecified atom stereocenters. The van der Waals surface area contributed by atoms with Crippen LogP contribution in [0.1, 0.15) is 10.9 Å². The molecule has 0 radical (unpaired) electrons. The molecular formula is C7H5Br2NO3S. The highest BCUT2D eigenvalue weighted by Gasteiger charge is 2.21. The molecule has 0 bridgehead atoms. The third-order valence-electron chi connectivity index (χ3n) is 1.43. The van der Waals surface area contributed by atoms with Crippen molar-refractivity contribution in [2.45, 2.75) is 6.04 Å². The van der Waals surface area contributed by atoms with Gasteiger partial charge in [0.1, 0.15) is 0 Å². The van der Waals surface area contributed by atoms with Crippen LogP contribution in [0.5, 0.6) is 0 Å². The molecule has 0 spiro atoms. The van der Waals surface area contributed by atoms with Gasteiger partial charge < -0.3 is 10.4 Å². The third-order valence-corrected chi connectivity index (χ3v) is 4.75. The molecule has 1 aromatic heterocycles. The van der Waals surface area contributed by atoms with Gasteiger partial charge in [0.25, 0.3) is 0 Å². The average Bonchev–Trinajstić information content (AvgIpc) is 2.42. The second-order valence-corrected chi connectivity index (χ2v) is 5.58. The lowest BCUT2D eigenvalue weighted by atomic mass is 10.2. The normalized spacial score (nSPS) is 12.1. The summed E-state index contributed by atoms with van der Waals surface area (Å²) in [6.07, 6.45) is 0.375. The topological polar surface area (TPSA) is 66.4 Å². The van der Waals surface area contributed by atoms with E-state index in [9.17, 15) is 9.59 Å². The molecule has 2 N–H and O–H groups in total. The molecule has 0 fully saturated rings. The van der Waals surface area contributed by atoms with Gasteiger partial charge in [-0.25, -0.2) is 4.79 Å². The first-order chi connectivity index (χ1) is 6.56. The summed E-state index contributed by atoms with van der Waals surface area (Å²) >= 11 is 7.74. The minimum Gasteiger partial charge on any atom is -0.479 e. The van der Waals surface area contributed by atoms with Crippen molar-refractivity contribution in [1.29, 1.82) is 0 Å². The zero-order chi connectivity index (χ0) is 10.7. The van der Waals surface area contributed by atoms with Gasteiger partial charge in [0.15, 0.2) is 6.04 Å². The number of rotatable bonds is 4. The number of thiophene rings is 1. The Kier molecular flexibility index (Phi) is 4.09. The van der Waals surface area contributed by atoms with Gasteiger partial charge in [0, 0.05) is 9.35 Å². The van der Waals surface area contributed by atoms with E-state index in [0.29, 0.717) is 11.3 Å². The highest BCUT2D eigenvalue weighted by Crippen LogP contribution is 2.35. The van der Waals surface area contributed by atoms with Crippen LogP contribution >= 0.6 is 43.2 Å². The standard InChI is InChI=1S/C7H5Br2NO3S/c8-3-1-4(14-6(3)9)5(7(12)13)10-2-11/h1-2,5H,(H,10,11)(H,12,13). The molecule has 76 valence electrons. The number of hydrogen-bond donors (Lipinski definition) is 2. The van der Waals surface area contributed by atoms with Crippen LogP contribution in [0.3, 0.4) is 0 Å². The molecule has 1 atom stereocenters. The van der Waals surface area contributed by atoms with Crippen LogP contribution in [-0.4, -0.2) is 17.5 Å². The zero-order valence-corrected chi connectivity index (χ0v) is 10.6. The highest BCUT2D eigenvalue weighted by molar-refractivity contribution is 9.13. The second kappa shape index (κ2) is 4.90. The van der Waals surface area contributed by atoms with E-state index in [1.54, 1.807) is 6.07 Å². The number of aliphatic carboxylic acids is 1. The van der Waals surface area contributed by atoms with Crippen molar-refractivity contribution >= 4 is 55.6 Å². The van der Waals surface area contributed by atoms with E-state index >= 15 is 0 Å². The Morgan fingerprint density at radius 3 is 2.64 bits per heavy atom. The Bertz CT molecular complexity index is 346. The van der Waals surface area contributed by atoms with E-state index in [0.717, 1.165) is 8.26 Å². The fraction of sp³-hybridized carbons (Fsp3) is 0.143. The molecule has 7 heteroatoms. The number of carbonyl (C=O) groups excluding carboxylic acids is 1. The minimum atomic E-state index is -1.08. The summed E-state index contributed by atoms with van der Waals surface area (Å²) in [5.41, 5.74) is 0. The van der Waals surface area contributed by atoms with Crippen molar-refractivity contribution in [1.82, 2.24) is 5.32 Å². The molecule has 0 aliphatic heterocycles. The lowest BCUT2D eigenvalue weighted by Gasteiger charge is -2.07. The number of carboxylic acids is 1. The fourth-order valence-electron chi connectivity index (χ4n) is 0.849. The van der Waals surface area contributed by atoms with Crippen molar-refractivity contribution in [3.63, 3.8) is 0 Å². The maximum Gasteiger partial charge on any atom is 0.331 e. The van der Waals surface area contributed by atoms with Gasteiger partial charge in [0.05, 0.1) is 3.79 Å². The first-order valence-electron chi connectivity index (χ1n) is 3.43. The maximum absolute atomic E-state index is 10.8. The summed E-state index contributed by atoms with van der Waals surface area (Å²) in [6, 6.07) is 0.671. The lowest BCUT2D eigenvalue weighted by molar-refractivity contribution is -0.140. The average molecular weight is 343 g/mol. The molecule has 0 saturated carbocycles. The number of amides is 1. The molecule has 1 heterocycles. The number of halogens is 2. The van der Waals surface area contributed by atoms with Gasteiger partial charge in [0.2, 0.25) is 6.41 Å². The Morgan fingerprint density at radius 1 is 1.64 bits per heavy atom. The third kappa shape index (κ3) is 2.55. The number of hydrogen-bond acceptors (Lipinski definition) is 3. The number of carbonyl (C=O) groups is 2. The van der Waals surface area contributed by atoms with Gasteiger partial charge >= 0.3 is 5.97 Å². The molecule has 0 aliphatic carbocycles. The first-order valence-corrected chi connectivity index (χ1v) is 5.83. The fourth-order valence-corrected chi connectivity index (χ4v) is 2.99. The molecule has 1 aromatic rings. The monoisotopic (exact) mass is 341 g/mol. The van der Waals surface area contributed by atoms with Crippen LogP contribution in [0.2, 0.25) is 0 Å². The van der Waals surface area contributed by atoms with Crippen LogP contribution < -0.4 is 5.32 Å². The van der Waals surface area contributed by atoms with Gasteiger partial charge in [-0.1, -0.05) is 0 Å². The zero-order valence-electron chi connectivity index (χ0n) is 6.66. The van der Waals surface area contributed by atoms with Crippen LogP contribution in [0.15, 0.2) is 14.3 Å². The lowest BCUT2D eigenvalue weighted by Crippen LogP contribution is -2.26. The summed E-state index contributed by atoms with van der Waals surface area (Å²) < 4.78 is 1.57. The van der Waals surface area contributed by atoms with E-state index in [1.165, 1.54) is 11.3 Å². The Labute approximate surface area is 101 Å². The molecule has 1 rings (SSSR count). The van der Waals surface area contributed by atoms with Crippen LogP contribution in [-0.2, 0) is 9.59 Å². The first kappa shape index (κ1) is 11.7. The molecular weight excluding hydrogens is 338 g/mol. The number of carboxylic acid groups (broad SMARTS) is 1. The van der Waals surface area contributed by atoms with Crippen LogP contribution in [0.25, 0.3) is 0 Å². The predicted molar refractivity (Wildman–Crippen MR) is 59.3 cm³/mol. The Morgan fingerprint density at radius 2 is 2.29 bits per heavy atom. The van der Waals surface area contributed by atoms with Crippen LogP contribution in [0.4, 0.5) is 0 Å². The van der Waals surface area contributed by atoms with Crippen molar-refractivity contribution in [2.75, 3.05) is 0 Å². The van der Waals surface area contributed by atoms with Gasteiger partial charge in [-0.05, 0) is 37.9 Å². The smallest absolute Gasteiger partial charge is 0.331 e. The Hall–Kier alpha value is -0.400. The van der Waals surface area contributed by atoms with Crippen molar-refractivity contribution in [3.8, 4) is 0 Å². The molecule has 0 aliphatic rings. The molecule has 4 nitrogen and oxygen atoms in total. The van der Waals surface area contributed by atoms with E-state index in [4.69, 9.17) is 5.11 Å². The van der Waals surface area contributed by atoms with E-state index in [1.807, 2.05) is 0 Å². The van der Waals surface area contributed by atoms with Gasteiger partial charge in [-0.3, -0.25) is 4.79 Å². The van der Waals surface area contributed by atoms with E-state index < -0.39 is 12.0 Å². The molecule has 1 amide bonds. The van der Waals surface area contributed by atoms with Gasteiger partial charge in [-0.2, -0.15) is 0 Å². The van der Waals surface area contributed by atoms with E-state index in [-0.39, 0.29) is 0 Å². The van der Waals surface area contributed by atoms with Crippen molar-refractivity contribution < 1.29 is 14.7 Å². The quantitative estimate of drug-likeness (QED) is 0.824. The van der Waals surface area contributed by atoms with Crippen LogP contribution in [0, 0.1) is 0 Å². The van der Waals surface area contributed by atoms with E-state index in [2.05, 4.69) is 37.2 Å². The maximum atomic E-state index is 10.8.